The van der Waals surface area contributed by atoms with E-state index >= 15 is 0 Å². The predicted molar refractivity (Wildman–Crippen MR) is 73.6 cm³/mol. The van der Waals surface area contributed by atoms with E-state index in [9.17, 15) is 0 Å². The quantitative estimate of drug-likeness (QED) is 0.878. The van der Waals surface area contributed by atoms with Gasteiger partial charge in [0.05, 0.1) is 5.69 Å². The molecule has 3 heterocycles. The zero-order chi connectivity index (χ0) is 13.1. The molecule has 1 atom stereocenters. The second kappa shape index (κ2) is 5.48. The fraction of sp³-hybridized carbons (Fsp3) is 0.500. The van der Waals surface area contributed by atoms with Crippen molar-refractivity contribution >= 4 is 0 Å². The molecule has 0 aromatic carbocycles. The molecule has 0 bridgehead atoms. The fourth-order valence-corrected chi connectivity index (χ4v) is 2.64. The zero-order valence-corrected chi connectivity index (χ0v) is 11.2. The van der Waals surface area contributed by atoms with E-state index in [1.165, 1.54) is 12.8 Å². The molecule has 1 aliphatic rings. The third-order valence-electron chi connectivity index (χ3n) is 3.60. The molecule has 0 amide bonds. The number of aryl methyl sites for hydroxylation is 1. The molecule has 1 unspecified atom stereocenters. The smallest absolute Gasteiger partial charge is 0.113 e. The summed E-state index contributed by atoms with van der Waals surface area (Å²) in [5.74, 6) is 0.657. The van der Waals surface area contributed by atoms with Gasteiger partial charge in [-0.3, -0.25) is 15.1 Å². The first-order valence-corrected chi connectivity index (χ1v) is 6.86. The lowest BCUT2D eigenvalue weighted by molar-refractivity contribution is 0.373. The van der Waals surface area contributed by atoms with Crippen molar-refractivity contribution in [3.05, 3.63) is 29.8 Å². The molecule has 1 saturated heterocycles. The lowest BCUT2D eigenvalue weighted by atomic mass is 9.93. The van der Waals surface area contributed by atoms with Gasteiger partial charge in [-0.1, -0.05) is 0 Å². The van der Waals surface area contributed by atoms with Crippen LogP contribution in [0.1, 0.15) is 24.2 Å². The molecule has 100 valence electrons. The van der Waals surface area contributed by atoms with Gasteiger partial charge < -0.3 is 5.32 Å². The van der Waals surface area contributed by atoms with Crippen LogP contribution in [0.3, 0.4) is 0 Å². The highest BCUT2D eigenvalue weighted by Gasteiger charge is 2.18. The number of piperidine rings is 1. The van der Waals surface area contributed by atoms with Crippen molar-refractivity contribution < 1.29 is 0 Å². The molecular weight excluding hydrogens is 238 g/mol. The fourth-order valence-electron chi connectivity index (χ4n) is 2.64. The minimum absolute atomic E-state index is 0.657. The Bertz CT molecular complexity index is 542. The Kier molecular flexibility index (Phi) is 3.55. The van der Waals surface area contributed by atoms with E-state index in [1.807, 2.05) is 13.0 Å². The first-order valence-electron chi connectivity index (χ1n) is 6.86. The standard InChI is InChI=1S/C14H19N5/c1-10-7-13(19-18-10)14-12(16-5-6-17-14)8-11-3-2-4-15-9-11/h5-7,11,15H,2-4,8-9H2,1H3,(H,18,19). The first-order chi connectivity index (χ1) is 9.33. The summed E-state index contributed by atoms with van der Waals surface area (Å²) in [4.78, 5) is 8.98. The van der Waals surface area contributed by atoms with Gasteiger partial charge in [-0.05, 0) is 51.3 Å². The molecule has 5 nitrogen and oxygen atoms in total. The van der Waals surface area contributed by atoms with Crippen LogP contribution < -0.4 is 5.32 Å². The summed E-state index contributed by atoms with van der Waals surface area (Å²) in [5.41, 5.74) is 3.91. The highest BCUT2D eigenvalue weighted by atomic mass is 15.1. The third kappa shape index (κ3) is 2.81. The van der Waals surface area contributed by atoms with Crippen LogP contribution in [0.15, 0.2) is 18.5 Å². The molecule has 0 saturated carbocycles. The summed E-state index contributed by atoms with van der Waals surface area (Å²) in [7, 11) is 0. The van der Waals surface area contributed by atoms with Crippen molar-refractivity contribution in [3.8, 4) is 11.4 Å². The van der Waals surface area contributed by atoms with E-state index in [4.69, 9.17) is 0 Å². The monoisotopic (exact) mass is 257 g/mol. The van der Waals surface area contributed by atoms with Gasteiger partial charge in [0.15, 0.2) is 0 Å². The Morgan fingerprint density at radius 2 is 2.21 bits per heavy atom. The number of hydrogen-bond acceptors (Lipinski definition) is 4. The van der Waals surface area contributed by atoms with Crippen molar-refractivity contribution in [2.75, 3.05) is 13.1 Å². The average Bonchev–Trinajstić information content (AvgIpc) is 2.87. The Morgan fingerprint density at radius 1 is 1.32 bits per heavy atom. The van der Waals surface area contributed by atoms with Crippen LogP contribution in [0.25, 0.3) is 11.4 Å². The lowest BCUT2D eigenvalue weighted by Crippen LogP contribution is -2.31. The van der Waals surface area contributed by atoms with Crippen LogP contribution in [0.5, 0.6) is 0 Å². The van der Waals surface area contributed by atoms with Crippen LogP contribution in [-0.2, 0) is 6.42 Å². The van der Waals surface area contributed by atoms with Gasteiger partial charge >= 0.3 is 0 Å². The molecule has 3 rings (SSSR count). The molecule has 1 aliphatic heterocycles. The van der Waals surface area contributed by atoms with Crippen LogP contribution >= 0.6 is 0 Å². The Hall–Kier alpha value is -1.75. The summed E-state index contributed by atoms with van der Waals surface area (Å²) in [6, 6.07) is 2.02. The summed E-state index contributed by atoms with van der Waals surface area (Å²) in [6.07, 6.45) is 7.00. The topological polar surface area (TPSA) is 66.5 Å². The van der Waals surface area contributed by atoms with Gasteiger partial charge in [0.25, 0.3) is 0 Å². The van der Waals surface area contributed by atoms with Crippen molar-refractivity contribution in [1.82, 2.24) is 25.5 Å². The number of nitrogens with one attached hydrogen (secondary N) is 2. The number of rotatable bonds is 3. The first kappa shape index (κ1) is 12.3. The second-order valence-corrected chi connectivity index (χ2v) is 5.20. The van der Waals surface area contributed by atoms with Gasteiger partial charge in [-0.2, -0.15) is 5.10 Å². The molecular formula is C14H19N5. The maximum atomic E-state index is 4.51. The summed E-state index contributed by atoms with van der Waals surface area (Å²) in [6.45, 7) is 4.22. The minimum Gasteiger partial charge on any atom is -0.316 e. The maximum Gasteiger partial charge on any atom is 0.113 e. The molecule has 0 radical (unpaired) electrons. The molecule has 1 fully saturated rings. The van der Waals surface area contributed by atoms with Crippen LogP contribution in [0.2, 0.25) is 0 Å². The van der Waals surface area contributed by atoms with Crippen molar-refractivity contribution in [2.24, 2.45) is 5.92 Å². The number of aromatic amines is 1. The maximum absolute atomic E-state index is 4.51. The second-order valence-electron chi connectivity index (χ2n) is 5.20. The van der Waals surface area contributed by atoms with E-state index in [2.05, 4.69) is 25.5 Å². The lowest BCUT2D eigenvalue weighted by Gasteiger charge is -2.22. The van der Waals surface area contributed by atoms with Gasteiger partial charge in [0, 0.05) is 18.1 Å². The summed E-state index contributed by atoms with van der Waals surface area (Å²) in [5, 5.41) is 10.7. The SMILES string of the molecule is Cc1cc(-c2nccnc2CC2CCCNC2)n[nH]1. The molecule has 2 aromatic rings. The largest absolute Gasteiger partial charge is 0.316 e. The van der Waals surface area contributed by atoms with E-state index in [-0.39, 0.29) is 0 Å². The number of hydrogen-bond donors (Lipinski definition) is 2. The van der Waals surface area contributed by atoms with Crippen LogP contribution in [-0.4, -0.2) is 33.3 Å². The van der Waals surface area contributed by atoms with Crippen molar-refractivity contribution in [2.45, 2.75) is 26.2 Å². The highest BCUT2D eigenvalue weighted by molar-refractivity contribution is 5.56. The Morgan fingerprint density at radius 3 is 2.95 bits per heavy atom. The molecule has 0 spiro atoms. The van der Waals surface area contributed by atoms with E-state index in [1.54, 1.807) is 12.4 Å². The number of nitrogens with zero attached hydrogens (tertiary/aromatic N) is 3. The normalized spacial score (nSPS) is 19.5. The van der Waals surface area contributed by atoms with E-state index in [0.717, 1.165) is 42.3 Å². The van der Waals surface area contributed by atoms with Gasteiger partial charge in [0.2, 0.25) is 0 Å². The summed E-state index contributed by atoms with van der Waals surface area (Å²) >= 11 is 0. The van der Waals surface area contributed by atoms with Gasteiger partial charge in [0.1, 0.15) is 11.4 Å². The molecule has 2 N–H and O–H groups in total. The third-order valence-corrected chi connectivity index (χ3v) is 3.60. The average molecular weight is 257 g/mol. The molecule has 0 aliphatic carbocycles. The molecule has 5 heteroatoms. The number of aromatic nitrogens is 4. The molecule has 2 aromatic heterocycles. The number of H-pyrrole nitrogens is 1. The predicted octanol–water partition coefficient (Wildman–Crippen LogP) is 1.72. The van der Waals surface area contributed by atoms with Gasteiger partial charge in [-0.25, -0.2) is 0 Å². The highest BCUT2D eigenvalue weighted by Crippen LogP contribution is 2.22. The Labute approximate surface area is 112 Å². The van der Waals surface area contributed by atoms with Crippen molar-refractivity contribution in [1.29, 1.82) is 0 Å². The Balaban J connectivity index is 1.84. The van der Waals surface area contributed by atoms with Crippen molar-refractivity contribution in [3.63, 3.8) is 0 Å². The van der Waals surface area contributed by atoms with Crippen LogP contribution in [0, 0.1) is 12.8 Å². The van der Waals surface area contributed by atoms with E-state index < -0.39 is 0 Å². The summed E-state index contributed by atoms with van der Waals surface area (Å²) < 4.78 is 0. The van der Waals surface area contributed by atoms with Gasteiger partial charge in [-0.15, -0.1) is 0 Å². The minimum atomic E-state index is 0.657. The zero-order valence-electron chi connectivity index (χ0n) is 11.2. The molecule has 19 heavy (non-hydrogen) atoms. The van der Waals surface area contributed by atoms with E-state index in [0.29, 0.717) is 5.92 Å². The van der Waals surface area contributed by atoms with Crippen LogP contribution in [0.4, 0.5) is 0 Å².